The summed E-state index contributed by atoms with van der Waals surface area (Å²) in [6.45, 7) is 4.42. The molecule has 2 aromatic heterocycles. The number of rotatable bonds is 5. The molecule has 8 heteroatoms. The largest absolute Gasteiger partial charge is 0.377 e. The second kappa shape index (κ2) is 7.18. The summed E-state index contributed by atoms with van der Waals surface area (Å²) in [5.41, 5.74) is 1.08. The summed E-state index contributed by atoms with van der Waals surface area (Å²) in [5.74, 6) is 1.56. The minimum atomic E-state index is 0.459. The molecular formula is C15H22N6OS. The lowest BCUT2D eigenvalue weighted by Gasteiger charge is -2.36. The van der Waals surface area contributed by atoms with Crippen molar-refractivity contribution >= 4 is 22.6 Å². The molecule has 0 spiro atoms. The quantitative estimate of drug-likeness (QED) is 0.827. The van der Waals surface area contributed by atoms with Gasteiger partial charge in [0.2, 0.25) is 11.1 Å². The zero-order chi connectivity index (χ0) is 16.2. The van der Waals surface area contributed by atoms with E-state index in [0.717, 1.165) is 48.4 Å². The maximum Gasteiger partial charge on any atom is 0.225 e. The fourth-order valence-electron chi connectivity index (χ4n) is 2.74. The maximum atomic E-state index is 5.08. The third-order valence-corrected chi connectivity index (χ3v) is 4.91. The third kappa shape index (κ3) is 3.76. The van der Waals surface area contributed by atoms with E-state index in [1.165, 1.54) is 11.5 Å². The minimum Gasteiger partial charge on any atom is -0.377 e. The van der Waals surface area contributed by atoms with Crippen molar-refractivity contribution in [1.29, 1.82) is 0 Å². The van der Waals surface area contributed by atoms with E-state index in [1.54, 1.807) is 7.11 Å². The van der Waals surface area contributed by atoms with Crippen LogP contribution >= 0.6 is 11.5 Å². The van der Waals surface area contributed by atoms with Crippen LogP contribution in [0.2, 0.25) is 0 Å². The van der Waals surface area contributed by atoms with E-state index in [2.05, 4.69) is 36.2 Å². The average Bonchev–Trinajstić information content (AvgIpc) is 3.04. The highest BCUT2D eigenvalue weighted by atomic mass is 32.1. The summed E-state index contributed by atoms with van der Waals surface area (Å²) in [6, 6.07) is 0.459. The Hall–Kier alpha value is -1.80. The first-order valence-corrected chi connectivity index (χ1v) is 8.52. The summed E-state index contributed by atoms with van der Waals surface area (Å²) in [4.78, 5) is 17.9. The fraction of sp³-hybridized carbons (Fsp3) is 0.600. The van der Waals surface area contributed by atoms with Gasteiger partial charge in [0.1, 0.15) is 6.61 Å². The zero-order valence-corrected chi connectivity index (χ0v) is 14.6. The van der Waals surface area contributed by atoms with Gasteiger partial charge in [-0.3, -0.25) is 0 Å². The molecule has 0 unspecified atom stereocenters. The summed E-state index contributed by atoms with van der Waals surface area (Å²) < 4.78 is 9.40. The van der Waals surface area contributed by atoms with Crippen molar-refractivity contribution in [3.8, 4) is 0 Å². The van der Waals surface area contributed by atoms with Crippen LogP contribution < -0.4 is 9.80 Å². The molecule has 0 bridgehead atoms. The molecule has 23 heavy (non-hydrogen) atoms. The van der Waals surface area contributed by atoms with Crippen LogP contribution in [0.15, 0.2) is 12.4 Å². The van der Waals surface area contributed by atoms with Crippen molar-refractivity contribution in [3.63, 3.8) is 0 Å². The van der Waals surface area contributed by atoms with E-state index in [0.29, 0.717) is 12.6 Å². The van der Waals surface area contributed by atoms with E-state index < -0.39 is 0 Å². The average molecular weight is 334 g/mol. The van der Waals surface area contributed by atoms with Crippen LogP contribution in [0.3, 0.4) is 0 Å². The molecule has 3 rings (SSSR count). The number of anilines is 2. The number of nitrogens with zero attached hydrogens (tertiary/aromatic N) is 6. The van der Waals surface area contributed by atoms with Crippen LogP contribution in [-0.2, 0) is 11.3 Å². The number of hydrogen-bond donors (Lipinski definition) is 0. The van der Waals surface area contributed by atoms with Crippen molar-refractivity contribution < 1.29 is 4.74 Å². The Kier molecular flexibility index (Phi) is 5.02. The van der Waals surface area contributed by atoms with Gasteiger partial charge < -0.3 is 14.5 Å². The van der Waals surface area contributed by atoms with Gasteiger partial charge in [0.05, 0.1) is 0 Å². The van der Waals surface area contributed by atoms with Crippen LogP contribution in [-0.4, -0.2) is 52.6 Å². The molecule has 3 heterocycles. The van der Waals surface area contributed by atoms with Crippen LogP contribution in [0.1, 0.15) is 24.2 Å². The second-order valence-electron chi connectivity index (χ2n) is 5.82. The lowest BCUT2D eigenvalue weighted by atomic mass is 10.0. The highest BCUT2D eigenvalue weighted by molar-refractivity contribution is 7.09. The van der Waals surface area contributed by atoms with Crippen LogP contribution in [0, 0.1) is 6.92 Å². The van der Waals surface area contributed by atoms with Gasteiger partial charge in [-0.05, 0) is 25.3 Å². The zero-order valence-electron chi connectivity index (χ0n) is 13.8. The predicted molar refractivity (Wildman–Crippen MR) is 91.0 cm³/mol. The highest BCUT2D eigenvalue weighted by Gasteiger charge is 2.25. The Balaban J connectivity index is 1.58. The first kappa shape index (κ1) is 16.1. The van der Waals surface area contributed by atoms with Gasteiger partial charge in [-0.15, -0.1) is 0 Å². The third-order valence-electron chi connectivity index (χ3n) is 4.10. The SMILES string of the molecule is COCc1nsc(N2CCC(N(C)c3ncc(C)cn3)CC2)n1. The van der Waals surface area contributed by atoms with E-state index in [-0.39, 0.29) is 0 Å². The smallest absolute Gasteiger partial charge is 0.225 e. The lowest BCUT2D eigenvalue weighted by molar-refractivity contribution is 0.179. The van der Waals surface area contributed by atoms with Crippen LogP contribution in [0.5, 0.6) is 0 Å². The van der Waals surface area contributed by atoms with Crippen molar-refractivity contribution in [1.82, 2.24) is 19.3 Å². The van der Waals surface area contributed by atoms with Gasteiger partial charge in [0.15, 0.2) is 5.82 Å². The molecule has 124 valence electrons. The summed E-state index contributed by atoms with van der Waals surface area (Å²) >= 11 is 1.45. The Morgan fingerprint density at radius 3 is 2.65 bits per heavy atom. The van der Waals surface area contributed by atoms with E-state index in [9.17, 15) is 0 Å². The molecule has 1 saturated heterocycles. The van der Waals surface area contributed by atoms with Gasteiger partial charge in [0.25, 0.3) is 0 Å². The first-order valence-electron chi connectivity index (χ1n) is 7.75. The monoisotopic (exact) mass is 334 g/mol. The van der Waals surface area contributed by atoms with Gasteiger partial charge in [-0.1, -0.05) is 0 Å². The molecule has 7 nitrogen and oxygen atoms in total. The van der Waals surface area contributed by atoms with Crippen LogP contribution in [0.4, 0.5) is 11.1 Å². The van der Waals surface area contributed by atoms with Crippen molar-refractivity contribution in [2.75, 3.05) is 37.0 Å². The van der Waals surface area contributed by atoms with Crippen molar-refractivity contribution in [2.24, 2.45) is 0 Å². The number of piperidine rings is 1. The minimum absolute atomic E-state index is 0.459. The maximum absolute atomic E-state index is 5.08. The predicted octanol–water partition coefficient (Wildman–Crippen LogP) is 1.89. The molecule has 0 N–H and O–H groups in total. The molecule has 0 saturated carbocycles. The Labute approximate surface area is 140 Å². The normalized spacial score (nSPS) is 15.9. The second-order valence-corrected chi connectivity index (χ2v) is 6.55. The number of hydrogen-bond acceptors (Lipinski definition) is 8. The van der Waals surface area contributed by atoms with E-state index >= 15 is 0 Å². The fourth-order valence-corrected chi connectivity index (χ4v) is 3.46. The van der Waals surface area contributed by atoms with Gasteiger partial charge in [0, 0.05) is 57.2 Å². The molecule has 0 aromatic carbocycles. The molecule has 2 aromatic rings. The Morgan fingerprint density at radius 2 is 2.00 bits per heavy atom. The number of aromatic nitrogens is 4. The van der Waals surface area contributed by atoms with Crippen molar-refractivity contribution in [3.05, 3.63) is 23.8 Å². The Morgan fingerprint density at radius 1 is 1.30 bits per heavy atom. The van der Waals surface area contributed by atoms with E-state index in [1.807, 2.05) is 19.3 Å². The van der Waals surface area contributed by atoms with Gasteiger partial charge >= 0.3 is 0 Å². The molecular weight excluding hydrogens is 312 g/mol. The topological polar surface area (TPSA) is 67.3 Å². The highest BCUT2D eigenvalue weighted by Crippen LogP contribution is 2.25. The molecule has 1 fully saturated rings. The lowest BCUT2D eigenvalue weighted by Crippen LogP contribution is -2.44. The van der Waals surface area contributed by atoms with Gasteiger partial charge in [-0.2, -0.15) is 4.37 Å². The van der Waals surface area contributed by atoms with E-state index in [4.69, 9.17) is 4.74 Å². The summed E-state index contributed by atoms with van der Waals surface area (Å²) in [5, 5.41) is 0.990. The molecule has 0 radical (unpaired) electrons. The summed E-state index contributed by atoms with van der Waals surface area (Å²) in [7, 11) is 3.74. The number of methoxy groups -OCH3 is 1. The molecule has 0 aliphatic carbocycles. The molecule has 1 aliphatic heterocycles. The molecule has 1 aliphatic rings. The summed E-state index contributed by atoms with van der Waals surface area (Å²) in [6.07, 6.45) is 5.86. The molecule has 0 amide bonds. The molecule has 0 atom stereocenters. The Bertz CT molecular complexity index is 623. The first-order chi connectivity index (χ1) is 11.2. The number of aryl methyl sites for hydroxylation is 1. The van der Waals surface area contributed by atoms with Crippen molar-refractivity contribution in [2.45, 2.75) is 32.4 Å². The van der Waals surface area contributed by atoms with Gasteiger partial charge in [-0.25, -0.2) is 15.0 Å². The van der Waals surface area contributed by atoms with Crippen LogP contribution in [0.25, 0.3) is 0 Å². The number of ether oxygens (including phenoxy) is 1. The standard InChI is InChI=1S/C15H22N6OS/c1-11-8-16-14(17-9-11)20(2)12-4-6-21(7-5-12)15-18-13(10-22-3)19-23-15/h8-9,12H,4-7,10H2,1-3H3.